The number of aromatic nitrogens is 2. The molecule has 0 spiro atoms. The van der Waals surface area contributed by atoms with Crippen LogP contribution in [0.25, 0.3) is 11.3 Å². The van der Waals surface area contributed by atoms with Gasteiger partial charge in [-0.15, -0.1) is 11.6 Å². The zero-order valence-electron chi connectivity index (χ0n) is 9.64. The minimum atomic E-state index is -0.122. The molecular formula is C13H12ClN3O. The van der Waals surface area contributed by atoms with Crippen molar-refractivity contribution in [3.8, 4) is 11.3 Å². The van der Waals surface area contributed by atoms with E-state index >= 15 is 0 Å². The maximum Gasteiger partial charge on any atom is 0.230 e. The highest BCUT2D eigenvalue weighted by Gasteiger charge is 2.30. The van der Waals surface area contributed by atoms with Gasteiger partial charge in [-0.3, -0.25) is 9.69 Å². The molecule has 1 atom stereocenters. The first kappa shape index (κ1) is 11.3. The van der Waals surface area contributed by atoms with Gasteiger partial charge in [-0.05, 0) is 5.56 Å². The van der Waals surface area contributed by atoms with E-state index in [0.29, 0.717) is 18.9 Å². The minimum Gasteiger partial charge on any atom is -0.324 e. The van der Waals surface area contributed by atoms with Gasteiger partial charge >= 0.3 is 0 Å². The number of nitrogens with zero attached hydrogens (tertiary/aromatic N) is 2. The summed E-state index contributed by atoms with van der Waals surface area (Å²) in [6.07, 6.45) is 2.11. The van der Waals surface area contributed by atoms with Crippen LogP contribution in [0, 0.1) is 0 Å². The highest BCUT2D eigenvalue weighted by atomic mass is 35.5. The molecule has 0 saturated carbocycles. The standard InChI is InChI=1S/C13H12ClN3O/c14-10-6-12(18)17(8-10)13-15-7-11(16-13)9-4-2-1-3-5-9/h1-5,7,10H,6,8H2,(H,15,16). The number of carbonyl (C=O) groups excluding carboxylic acids is 1. The first-order valence-corrected chi connectivity index (χ1v) is 6.22. The highest BCUT2D eigenvalue weighted by Crippen LogP contribution is 2.24. The van der Waals surface area contributed by atoms with Gasteiger partial charge in [0.2, 0.25) is 11.9 Å². The molecule has 2 aromatic rings. The molecule has 92 valence electrons. The van der Waals surface area contributed by atoms with E-state index in [0.717, 1.165) is 11.3 Å². The second-order valence-electron chi connectivity index (χ2n) is 4.29. The second kappa shape index (κ2) is 4.46. The maximum absolute atomic E-state index is 11.7. The van der Waals surface area contributed by atoms with E-state index in [2.05, 4.69) is 9.97 Å². The number of imidazole rings is 1. The van der Waals surface area contributed by atoms with Crippen molar-refractivity contribution in [1.82, 2.24) is 9.97 Å². The first-order chi connectivity index (χ1) is 8.74. The fraction of sp³-hybridized carbons (Fsp3) is 0.231. The molecule has 1 aromatic carbocycles. The van der Waals surface area contributed by atoms with Crippen molar-refractivity contribution in [1.29, 1.82) is 0 Å². The van der Waals surface area contributed by atoms with Crippen molar-refractivity contribution in [2.24, 2.45) is 0 Å². The van der Waals surface area contributed by atoms with Gasteiger partial charge < -0.3 is 4.98 Å². The minimum absolute atomic E-state index is 0.0176. The summed E-state index contributed by atoms with van der Waals surface area (Å²) in [5.41, 5.74) is 1.95. The number of nitrogens with one attached hydrogen (secondary N) is 1. The van der Waals surface area contributed by atoms with Crippen molar-refractivity contribution in [2.75, 3.05) is 11.4 Å². The van der Waals surface area contributed by atoms with Crippen molar-refractivity contribution in [2.45, 2.75) is 11.8 Å². The van der Waals surface area contributed by atoms with Crippen LogP contribution in [0.5, 0.6) is 0 Å². The number of amides is 1. The molecule has 1 fully saturated rings. The van der Waals surface area contributed by atoms with Crippen molar-refractivity contribution < 1.29 is 4.79 Å². The predicted molar refractivity (Wildman–Crippen MR) is 70.6 cm³/mol. The number of carbonyl (C=O) groups is 1. The quantitative estimate of drug-likeness (QED) is 0.844. The Kier molecular flexibility index (Phi) is 2.80. The van der Waals surface area contributed by atoms with Crippen LogP contribution in [0.2, 0.25) is 0 Å². The van der Waals surface area contributed by atoms with Gasteiger partial charge in [0.05, 0.1) is 17.3 Å². The smallest absolute Gasteiger partial charge is 0.230 e. The van der Waals surface area contributed by atoms with Gasteiger partial charge in [0, 0.05) is 13.0 Å². The van der Waals surface area contributed by atoms with Crippen LogP contribution in [0.4, 0.5) is 5.95 Å². The fourth-order valence-electron chi connectivity index (χ4n) is 2.08. The third-order valence-electron chi connectivity index (χ3n) is 2.98. The highest BCUT2D eigenvalue weighted by molar-refractivity contribution is 6.24. The first-order valence-electron chi connectivity index (χ1n) is 5.79. The summed E-state index contributed by atoms with van der Waals surface area (Å²) < 4.78 is 0. The number of rotatable bonds is 2. The Balaban J connectivity index is 1.88. The van der Waals surface area contributed by atoms with Crippen LogP contribution in [0.1, 0.15) is 6.42 Å². The number of halogens is 1. The molecule has 0 aliphatic carbocycles. The van der Waals surface area contributed by atoms with E-state index < -0.39 is 0 Å². The topological polar surface area (TPSA) is 49.0 Å². The summed E-state index contributed by atoms with van der Waals surface area (Å²) in [5.74, 6) is 0.589. The Bertz CT molecular complexity index is 567. The van der Waals surface area contributed by atoms with Crippen LogP contribution in [-0.4, -0.2) is 27.8 Å². The number of benzene rings is 1. The lowest BCUT2D eigenvalue weighted by Crippen LogP contribution is -2.25. The number of hydrogen-bond acceptors (Lipinski definition) is 2. The van der Waals surface area contributed by atoms with Crippen LogP contribution < -0.4 is 4.90 Å². The average Bonchev–Trinajstić information content (AvgIpc) is 2.97. The van der Waals surface area contributed by atoms with Gasteiger partial charge in [-0.2, -0.15) is 0 Å². The van der Waals surface area contributed by atoms with Crippen LogP contribution in [0.15, 0.2) is 36.5 Å². The van der Waals surface area contributed by atoms with E-state index in [1.807, 2.05) is 30.3 Å². The molecule has 2 heterocycles. The molecule has 1 N–H and O–H groups in total. The summed E-state index contributed by atoms with van der Waals surface area (Å²) >= 11 is 5.97. The lowest BCUT2D eigenvalue weighted by Gasteiger charge is -2.11. The monoisotopic (exact) mass is 261 g/mol. The van der Waals surface area contributed by atoms with Crippen molar-refractivity contribution in [3.63, 3.8) is 0 Å². The van der Waals surface area contributed by atoms with Gasteiger partial charge in [-0.25, -0.2) is 4.98 Å². The number of aromatic amines is 1. The van der Waals surface area contributed by atoms with E-state index in [1.165, 1.54) is 0 Å². The molecule has 4 nitrogen and oxygen atoms in total. The summed E-state index contributed by atoms with van der Waals surface area (Å²) in [6, 6.07) is 9.88. The van der Waals surface area contributed by atoms with Crippen molar-refractivity contribution >= 4 is 23.5 Å². The molecule has 1 saturated heterocycles. The Labute approximate surface area is 110 Å². The van der Waals surface area contributed by atoms with Crippen LogP contribution >= 0.6 is 11.6 Å². The van der Waals surface area contributed by atoms with Gasteiger partial charge in [0.25, 0.3) is 0 Å². The van der Waals surface area contributed by atoms with E-state index in [4.69, 9.17) is 11.6 Å². The SMILES string of the molecule is O=C1CC(Cl)CN1c1ncc(-c2ccccc2)[nH]1. The van der Waals surface area contributed by atoms with E-state index in [-0.39, 0.29) is 11.3 Å². The zero-order chi connectivity index (χ0) is 12.5. The van der Waals surface area contributed by atoms with Crippen molar-refractivity contribution in [3.05, 3.63) is 36.5 Å². The molecule has 0 bridgehead atoms. The van der Waals surface area contributed by atoms with Crippen LogP contribution in [-0.2, 0) is 4.79 Å². The Morgan fingerprint density at radius 2 is 2.11 bits per heavy atom. The van der Waals surface area contributed by atoms with Gasteiger partial charge in [0.15, 0.2) is 0 Å². The lowest BCUT2D eigenvalue weighted by molar-refractivity contribution is -0.117. The van der Waals surface area contributed by atoms with Gasteiger partial charge in [0.1, 0.15) is 0 Å². The Hall–Kier alpha value is -1.81. The number of anilines is 1. The zero-order valence-corrected chi connectivity index (χ0v) is 10.4. The molecule has 1 aliphatic rings. The summed E-state index contributed by atoms with van der Waals surface area (Å²) in [6.45, 7) is 0.516. The number of alkyl halides is 1. The fourth-order valence-corrected chi connectivity index (χ4v) is 2.35. The molecule has 1 amide bonds. The average molecular weight is 262 g/mol. The lowest BCUT2D eigenvalue weighted by atomic mass is 10.2. The number of H-pyrrole nitrogens is 1. The van der Waals surface area contributed by atoms with E-state index in [9.17, 15) is 4.79 Å². The summed E-state index contributed by atoms with van der Waals surface area (Å²) in [4.78, 5) is 20.7. The molecule has 0 radical (unpaired) electrons. The van der Waals surface area contributed by atoms with Crippen LogP contribution in [0.3, 0.4) is 0 Å². The third kappa shape index (κ3) is 1.99. The van der Waals surface area contributed by atoms with Gasteiger partial charge in [-0.1, -0.05) is 30.3 Å². The molecule has 1 unspecified atom stereocenters. The molecule has 3 rings (SSSR count). The number of hydrogen-bond donors (Lipinski definition) is 1. The maximum atomic E-state index is 11.7. The molecule has 18 heavy (non-hydrogen) atoms. The largest absolute Gasteiger partial charge is 0.324 e. The molecular weight excluding hydrogens is 250 g/mol. The predicted octanol–water partition coefficient (Wildman–Crippen LogP) is 2.42. The summed E-state index contributed by atoms with van der Waals surface area (Å²) in [7, 11) is 0. The molecule has 1 aromatic heterocycles. The third-order valence-corrected chi connectivity index (χ3v) is 3.27. The Morgan fingerprint density at radius 3 is 2.78 bits per heavy atom. The van der Waals surface area contributed by atoms with E-state index in [1.54, 1.807) is 11.1 Å². The normalized spacial score (nSPS) is 19.5. The molecule has 5 heteroatoms. The Morgan fingerprint density at radius 1 is 1.33 bits per heavy atom. The summed E-state index contributed by atoms with van der Waals surface area (Å²) in [5, 5.41) is -0.122. The molecule has 1 aliphatic heterocycles. The second-order valence-corrected chi connectivity index (χ2v) is 4.91.